The van der Waals surface area contributed by atoms with Crippen molar-refractivity contribution in [1.82, 2.24) is 10.2 Å². The number of morpholine rings is 1. The molecule has 2 fully saturated rings. The maximum absolute atomic E-state index is 12.0. The van der Waals surface area contributed by atoms with E-state index < -0.39 is 27.9 Å². The highest BCUT2D eigenvalue weighted by Gasteiger charge is 2.30. The number of carbonyl (C=O) groups is 2. The van der Waals surface area contributed by atoms with Crippen LogP contribution >= 0.6 is 0 Å². The van der Waals surface area contributed by atoms with Crippen LogP contribution in [0.3, 0.4) is 0 Å². The number of carbonyl (C=O) groups excluding carboxylic acids is 1. The van der Waals surface area contributed by atoms with Crippen molar-refractivity contribution in [1.29, 1.82) is 0 Å². The van der Waals surface area contributed by atoms with Gasteiger partial charge in [0.15, 0.2) is 9.84 Å². The molecule has 2 aliphatic rings. The molecule has 2 N–H and O–H groups in total. The van der Waals surface area contributed by atoms with Crippen LogP contribution in [0.25, 0.3) is 0 Å². The molecule has 9 heteroatoms. The topological polar surface area (TPSA) is 113 Å². The predicted molar refractivity (Wildman–Crippen MR) is 78.3 cm³/mol. The second-order valence-corrected chi connectivity index (χ2v) is 8.01. The predicted octanol–water partition coefficient (Wildman–Crippen LogP) is -0.304. The van der Waals surface area contributed by atoms with Crippen LogP contribution < -0.4 is 5.32 Å². The van der Waals surface area contributed by atoms with Crippen molar-refractivity contribution < 1.29 is 27.9 Å². The lowest BCUT2D eigenvalue weighted by Gasteiger charge is -2.28. The number of nitrogens with one attached hydrogen (secondary N) is 1. The zero-order chi connectivity index (χ0) is 16.2. The summed E-state index contributed by atoms with van der Waals surface area (Å²) in [6, 6.07) is -1.68. The van der Waals surface area contributed by atoms with E-state index in [4.69, 9.17) is 9.84 Å². The minimum atomic E-state index is -3.26. The van der Waals surface area contributed by atoms with E-state index in [0.717, 1.165) is 12.8 Å². The number of rotatable bonds is 7. The summed E-state index contributed by atoms with van der Waals surface area (Å²) >= 11 is 0. The van der Waals surface area contributed by atoms with Gasteiger partial charge in [0.1, 0.15) is 6.04 Å². The van der Waals surface area contributed by atoms with Crippen LogP contribution in [-0.2, 0) is 19.4 Å². The van der Waals surface area contributed by atoms with Crippen molar-refractivity contribution in [3.05, 3.63) is 0 Å². The second-order valence-electron chi connectivity index (χ2n) is 5.79. The summed E-state index contributed by atoms with van der Waals surface area (Å²) in [4.78, 5) is 24.7. The van der Waals surface area contributed by atoms with Crippen molar-refractivity contribution in [3.8, 4) is 0 Å². The fourth-order valence-corrected chi connectivity index (χ4v) is 4.10. The zero-order valence-electron chi connectivity index (χ0n) is 12.4. The Morgan fingerprint density at radius 2 is 1.91 bits per heavy atom. The van der Waals surface area contributed by atoms with Gasteiger partial charge in [-0.2, -0.15) is 0 Å². The Labute approximate surface area is 129 Å². The van der Waals surface area contributed by atoms with Crippen LogP contribution in [0.5, 0.6) is 0 Å². The van der Waals surface area contributed by atoms with Gasteiger partial charge in [0.2, 0.25) is 0 Å². The molecule has 8 nitrogen and oxygen atoms in total. The minimum Gasteiger partial charge on any atom is -0.480 e. The van der Waals surface area contributed by atoms with Crippen LogP contribution in [0.4, 0.5) is 4.79 Å². The molecule has 0 radical (unpaired) electrons. The standard InChI is InChI=1S/C13H22N2O6S/c16-12(17)11(3-8-22(19,20)9-10-1-2-10)14-13(18)15-4-6-21-7-5-15/h10-11H,1-9H2,(H,14,18)(H,16,17)/t11-/m1/s1. The quantitative estimate of drug-likeness (QED) is 0.661. The van der Waals surface area contributed by atoms with E-state index in [9.17, 15) is 18.0 Å². The third kappa shape index (κ3) is 5.45. The fourth-order valence-electron chi connectivity index (χ4n) is 2.29. The Morgan fingerprint density at radius 1 is 1.27 bits per heavy atom. The molecule has 0 aromatic carbocycles. The molecule has 0 bridgehead atoms. The van der Waals surface area contributed by atoms with Crippen molar-refractivity contribution in [2.75, 3.05) is 37.8 Å². The third-order valence-electron chi connectivity index (χ3n) is 3.80. The first-order chi connectivity index (χ1) is 10.4. The number of urea groups is 1. The van der Waals surface area contributed by atoms with E-state index in [2.05, 4.69) is 5.32 Å². The number of sulfone groups is 1. The maximum atomic E-state index is 12.0. The van der Waals surface area contributed by atoms with Gasteiger partial charge in [-0.1, -0.05) is 0 Å². The Kier molecular flexibility index (Phi) is 5.63. The van der Waals surface area contributed by atoms with E-state index in [0.29, 0.717) is 26.3 Å². The highest BCUT2D eigenvalue weighted by atomic mass is 32.2. The number of carboxylic acid groups (broad SMARTS) is 1. The van der Waals surface area contributed by atoms with Gasteiger partial charge >= 0.3 is 12.0 Å². The monoisotopic (exact) mass is 334 g/mol. The Bertz CT molecular complexity index is 511. The number of nitrogens with zero attached hydrogens (tertiary/aromatic N) is 1. The van der Waals surface area contributed by atoms with Crippen molar-refractivity contribution in [2.24, 2.45) is 5.92 Å². The van der Waals surface area contributed by atoms with Gasteiger partial charge in [-0.05, 0) is 25.2 Å². The van der Waals surface area contributed by atoms with Crippen molar-refractivity contribution in [3.63, 3.8) is 0 Å². The van der Waals surface area contributed by atoms with Crippen LogP contribution in [0.1, 0.15) is 19.3 Å². The van der Waals surface area contributed by atoms with Crippen LogP contribution in [0.2, 0.25) is 0 Å². The summed E-state index contributed by atoms with van der Waals surface area (Å²) in [6.45, 7) is 1.64. The Hall–Kier alpha value is -1.35. The molecule has 1 heterocycles. The zero-order valence-corrected chi connectivity index (χ0v) is 13.2. The van der Waals surface area contributed by atoms with Gasteiger partial charge in [-0.3, -0.25) is 0 Å². The van der Waals surface area contributed by atoms with Gasteiger partial charge in [0.05, 0.1) is 24.7 Å². The molecule has 0 aromatic heterocycles. The molecular weight excluding hydrogens is 312 g/mol. The van der Waals surface area contributed by atoms with E-state index in [-0.39, 0.29) is 23.8 Å². The van der Waals surface area contributed by atoms with Crippen molar-refractivity contribution >= 4 is 21.8 Å². The molecule has 1 aliphatic heterocycles. The molecule has 0 spiro atoms. The first kappa shape index (κ1) is 17.0. The first-order valence-electron chi connectivity index (χ1n) is 7.44. The molecule has 2 rings (SSSR count). The first-order valence-corrected chi connectivity index (χ1v) is 9.26. The molecule has 126 valence electrons. The number of amides is 2. The van der Waals surface area contributed by atoms with Gasteiger partial charge in [-0.25, -0.2) is 18.0 Å². The summed E-state index contributed by atoms with van der Waals surface area (Å²) < 4.78 is 28.8. The average Bonchev–Trinajstić information content (AvgIpc) is 3.27. The maximum Gasteiger partial charge on any atom is 0.326 e. The lowest BCUT2D eigenvalue weighted by atomic mass is 10.2. The largest absolute Gasteiger partial charge is 0.480 e. The lowest BCUT2D eigenvalue weighted by Crippen LogP contribution is -2.51. The van der Waals surface area contributed by atoms with Crippen LogP contribution in [0, 0.1) is 5.92 Å². The highest BCUT2D eigenvalue weighted by Crippen LogP contribution is 2.30. The van der Waals surface area contributed by atoms with Gasteiger partial charge in [-0.15, -0.1) is 0 Å². The second kappa shape index (κ2) is 7.28. The normalized spacial score (nSPS) is 20.5. The number of ether oxygens (including phenoxy) is 1. The molecule has 1 saturated carbocycles. The fraction of sp³-hybridized carbons (Fsp3) is 0.846. The summed E-state index contributed by atoms with van der Waals surface area (Å²) in [5.41, 5.74) is 0. The molecule has 1 atom stereocenters. The highest BCUT2D eigenvalue weighted by molar-refractivity contribution is 7.91. The third-order valence-corrected chi connectivity index (χ3v) is 5.64. The smallest absolute Gasteiger partial charge is 0.326 e. The summed E-state index contributed by atoms with van der Waals surface area (Å²) in [7, 11) is -3.26. The molecular formula is C13H22N2O6S. The summed E-state index contributed by atoms with van der Waals surface area (Å²) in [5, 5.41) is 11.6. The van der Waals surface area contributed by atoms with E-state index in [1.807, 2.05) is 0 Å². The molecule has 0 aromatic rings. The number of aliphatic carboxylic acids is 1. The number of hydrogen-bond donors (Lipinski definition) is 2. The van der Waals surface area contributed by atoms with Crippen LogP contribution in [0.15, 0.2) is 0 Å². The van der Waals surface area contributed by atoms with Gasteiger partial charge in [0.25, 0.3) is 0 Å². The molecule has 0 unspecified atom stereocenters. The van der Waals surface area contributed by atoms with Crippen LogP contribution in [-0.4, -0.2) is 74.3 Å². The van der Waals surface area contributed by atoms with E-state index in [1.165, 1.54) is 4.90 Å². The number of hydrogen-bond acceptors (Lipinski definition) is 5. The average molecular weight is 334 g/mol. The minimum absolute atomic E-state index is 0.111. The van der Waals surface area contributed by atoms with Crippen molar-refractivity contribution in [2.45, 2.75) is 25.3 Å². The molecule has 1 aliphatic carbocycles. The molecule has 22 heavy (non-hydrogen) atoms. The van der Waals surface area contributed by atoms with E-state index in [1.54, 1.807) is 0 Å². The SMILES string of the molecule is O=C(O)[C@@H](CCS(=O)(=O)CC1CC1)NC(=O)N1CCOCC1. The Morgan fingerprint density at radius 3 is 2.45 bits per heavy atom. The van der Waals surface area contributed by atoms with E-state index >= 15 is 0 Å². The lowest BCUT2D eigenvalue weighted by molar-refractivity contribution is -0.139. The van der Waals surface area contributed by atoms with Gasteiger partial charge in [0, 0.05) is 13.1 Å². The van der Waals surface area contributed by atoms with Gasteiger partial charge < -0.3 is 20.1 Å². The summed E-state index contributed by atoms with van der Waals surface area (Å²) in [5.74, 6) is -1.08. The summed E-state index contributed by atoms with van der Waals surface area (Å²) in [6.07, 6.45) is 1.74. The molecule has 2 amide bonds. The number of carboxylic acids is 1. The molecule has 1 saturated heterocycles. The Balaban J connectivity index is 1.83.